The van der Waals surface area contributed by atoms with Gasteiger partial charge in [-0.3, -0.25) is 4.79 Å². The van der Waals surface area contributed by atoms with Gasteiger partial charge in [0.05, 0.1) is 0 Å². The lowest BCUT2D eigenvalue weighted by Crippen LogP contribution is -2.28. The molecule has 21 heavy (non-hydrogen) atoms. The van der Waals surface area contributed by atoms with Crippen LogP contribution in [-0.4, -0.2) is 18.2 Å². The van der Waals surface area contributed by atoms with Crippen molar-refractivity contribution in [2.75, 3.05) is 6.61 Å². The normalized spacial score (nSPS) is 20.3. The lowest BCUT2D eigenvalue weighted by atomic mass is 9.89. The zero-order chi connectivity index (χ0) is 15.2. The fraction of sp³-hybridized carbons (Fsp3) is 0.500. The van der Waals surface area contributed by atoms with E-state index in [0.717, 1.165) is 30.5 Å². The number of nitrogens with zero attached hydrogens (tertiary/aromatic N) is 1. The first-order valence-electron chi connectivity index (χ1n) is 7.30. The minimum atomic E-state index is -0.241. The molecule has 1 aliphatic rings. The van der Waals surface area contributed by atoms with Crippen molar-refractivity contribution < 1.29 is 9.53 Å². The van der Waals surface area contributed by atoms with Gasteiger partial charge >= 0.3 is 0 Å². The molecule has 2 rings (SSSR count). The third-order valence-electron chi connectivity index (χ3n) is 3.71. The van der Waals surface area contributed by atoms with E-state index in [9.17, 15) is 4.79 Å². The third-order valence-corrected chi connectivity index (χ3v) is 3.94. The number of carbonyl (C=O) groups is 1. The molecule has 1 fully saturated rings. The van der Waals surface area contributed by atoms with Crippen molar-refractivity contribution in [3.63, 3.8) is 0 Å². The van der Waals surface area contributed by atoms with Crippen LogP contribution >= 0.6 is 11.6 Å². The Hall–Kier alpha value is -1.55. The molecular formula is C16H21ClN2O2. The molecule has 1 aliphatic carbocycles. The summed E-state index contributed by atoms with van der Waals surface area (Å²) >= 11 is 5.88. The van der Waals surface area contributed by atoms with Crippen molar-refractivity contribution >= 4 is 23.2 Å². The van der Waals surface area contributed by atoms with E-state index < -0.39 is 0 Å². The quantitative estimate of drug-likeness (QED) is 0.862. The van der Waals surface area contributed by atoms with Crippen LogP contribution in [0.4, 0.5) is 0 Å². The number of nitrogens with one attached hydrogen (secondary N) is 1. The largest absolute Gasteiger partial charge is 0.483 e. The molecule has 0 heterocycles. The third kappa shape index (κ3) is 4.74. The predicted molar refractivity (Wildman–Crippen MR) is 84.9 cm³/mol. The summed E-state index contributed by atoms with van der Waals surface area (Å²) in [4.78, 5) is 11.8. The van der Waals surface area contributed by atoms with Gasteiger partial charge in [-0.05, 0) is 55.9 Å². The summed E-state index contributed by atoms with van der Waals surface area (Å²) in [5.41, 5.74) is 4.57. The van der Waals surface area contributed by atoms with Gasteiger partial charge in [0.15, 0.2) is 6.61 Å². The first-order chi connectivity index (χ1) is 10.1. The molecule has 0 aromatic heterocycles. The van der Waals surface area contributed by atoms with Crippen LogP contribution < -0.4 is 10.2 Å². The number of ether oxygens (including phenoxy) is 1. The molecule has 1 saturated carbocycles. The molecule has 5 heteroatoms. The highest BCUT2D eigenvalue weighted by molar-refractivity contribution is 6.30. The van der Waals surface area contributed by atoms with Gasteiger partial charge in [0, 0.05) is 10.7 Å². The Morgan fingerprint density at radius 3 is 3.00 bits per heavy atom. The van der Waals surface area contributed by atoms with E-state index in [1.165, 1.54) is 6.42 Å². The molecule has 1 aromatic rings. The number of carbonyl (C=O) groups excluding carboxylic acids is 1. The first-order valence-corrected chi connectivity index (χ1v) is 7.68. The molecule has 1 aromatic carbocycles. The van der Waals surface area contributed by atoms with Crippen molar-refractivity contribution in [1.29, 1.82) is 0 Å². The molecule has 0 aliphatic heterocycles. The Morgan fingerprint density at radius 2 is 2.29 bits per heavy atom. The Morgan fingerprint density at radius 1 is 1.48 bits per heavy atom. The lowest BCUT2D eigenvalue weighted by molar-refractivity contribution is -0.123. The summed E-state index contributed by atoms with van der Waals surface area (Å²) in [6.45, 7) is 3.99. The average Bonchev–Trinajstić information content (AvgIpc) is 2.45. The maximum Gasteiger partial charge on any atom is 0.277 e. The number of halogens is 1. The summed E-state index contributed by atoms with van der Waals surface area (Å²) in [5.74, 6) is 0.876. The van der Waals surface area contributed by atoms with Crippen LogP contribution in [0.25, 0.3) is 0 Å². The second-order valence-electron chi connectivity index (χ2n) is 5.48. The monoisotopic (exact) mass is 308 g/mol. The molecule has 0 spiro atoms. The number of hydrogen-bond acceptors (Lipinski definition) is 3. The number of amides is 1. The molecule has 1 N–H and O–H groups in total. The highest BCUT2D eigenvalue weighted by Crippen LogP contribution is 2.22. The second-order valence-corrected chi connectivity index (χ2v) is 5.92. The number of hydrazone groups is 1. The Bertz CT molecular complexity index is 543. The molecule has 114 valence electrons. The molecule has 1 amide bonds. The van der Waals surface area contributed by atoms with Gasteiger partial charge in [-0.2, -0.15) is 5.10 Å². The number of hydrogen-bond donors (Lipinski definition) is 1. The van der Waals surface area contributed by atoms with Gasteiger partial charge in [0.2, 0.25) is 0 Å². The molecule has 0 radical (unpaired) electrons. The zero-order valence-electron chi connectivity index (χ0n) is 12.5. The van der Waals surface area contributed by atoms with Crippen LogP contribution in [0, 0.1) is 12.8 Å². The van der Waals surface area contributed by atoms with Crippen LogP contribution in [0.1, 0.15) is 38.2 Å². The Kier molecular flexibility index (Phi) is 5.62. The molecule has 4 nitrogen and oxygen atoms in total. The first kappa shape index (κ1) is 15.8. The van der Waals surface area contributed by atoms with Crippen molar-refractivity contribution in [3.8, 4) is 5.75 Å². The number of aryl methyl sites for hydroxylation is 1. The molecule has 0 bridgehead atoms. The fourth-order valence-corrected chi connectivity index (χ4v) is 2.65. The molecule has 1 atom stereocenters. The standard InChI is InChI=1S/C16H21ClN2O2/c1-11-5-3-4-6-14(11)18-19-16(20)10-21-15-8-7-13(17)9-12(15)2/h7-9,11H,3-6,10H2,1-2H3,(H,19,20). The van der Waals surface area contributed by atoms with E-state index >= 15 is 0 Å². The van der Waals surface area contributed by atoms with E-state index in [1.54, 1.807) is 18.2 Å². The maximum absolute atomic E-state index is 11.8. The van der Waals surface area contributed by atoms with E-state index in [0.29, 0.717) is 16.7 Å². The fourth-order valence-electron chi connectivity index (χ4n) is 2.42. The minimum Gasteiger partial charge on any atom is -0.483 e. The SMILES string of the molecule is Cc1cc(Cl)ccc1OCC(=O)NN=C1CCCCC1C. The van der Waals surface area contributed by atoms with Gasteiger partial charge in [0.25, 0.3) is 5.91 Å². The van der Waals surface area contributed by atoms with Crippen LogP contribution in [0.2, 0.25) is 5.02 Å². The van der Waals surface area contributed by atoms with Crippen molar-refractivity contribution in [2.45, 2.75) is 39.5 Å². The topological polar surface area (TPSA) is 50.7 Å². The highest BCUT2D eigenvalue weighted by Gasteiger charge is 2.16. The van der Waals surface area contributed by atoms with Crippen molar-refractivity contribution in [1.82, 2.24) is 5.43 Å². The van der Waals surface area contributed by atoms with E-state index in [-0.39, 0.29) is 12.5 Å². The summed E-state index contributed by atoms with van der Waals surface area (Å²) in [6.07, 6.45) is 4.51. The van der Waals surface area contributed by atoms with E-state index in [1.807, 2.05) is 6.92 Å². The van der Waals surface area contributed by atoms with Gasteiger partial charge in [-0.1, -0.05) is 24.9 Å². The number of benzene rings is 1. The lowest BCUT2D eigenvalue weighted by Gasteiger charge is -2.19. The average molecular weight is 309 g/mol. The maximum atomic E-state index is 11.8. The van der Waals surface area contributed by atoms with Crippen LogP contribution in [0.3, 0.4) is 0 Å². The zero-order valence-corrected chi connectivity index (χ0v) is 13.2. The van der Waals surface area contributed by atoms with Gasteiger partial charge in [0.1, 0.15) is 5.75 Å². The van der Waals surface area contributed by atoms with Gasteiger partial charge in [-0.25, -0.2) is 5.43 Å². The molecule has 0 saturated heterocycles. The summed E-state index contributed by atoms with van der Waals surface area (Å²) < 4.78 is 5.48. The molecule has 1 unspecified atom stereocenters. The Balaban J connectivity index is 1.83. The number of rotatable bonds is 4. The van der Waals surface area contributed by atoms with Crippen LogP contribution in [0.5, 0.6) is 5.75 Å². The second kappa shape index (κ2) is 7.46. The van der Waals surface area contributed by atoms with E-state index in [2.05, 4.69) is 17.5 Å². The van der Waals surface area contributed by atoms with Gasteiger partial charge < -0.3 is 4.74 Å². The Labute approximate surface area is 130 Å². The summed E-state index contributed by atoms with van der Waals surface area (Å²) in [5, 5.41) is 4.88. The summed E-state index contributed by atoms with van der Waals surface area (Å²) in [7, 11) is 0. The van der Waals surface area contributed by atoms with Crippen molar-refractivity contribution in [2.24, 2.45) is 11.0 Å². The van der Waals surface area contributed by atoms with Crippen LogP contribution in [-0.2, 0) is 4.79 Å². The van der Waals surface area contributed by atoms with Gasteiger partial charge in [-0.15, -0.1) is 0 Å². The minimum absolute atomic E-state index is 0.0480. The summed E-state index contributed by atoms with van der Waals surface area (Å²) in [6, 6.07) is 5.31. The highest BCUT2D eigenvalue weighted by atomic mass is 35.5. The molecular weight excluding hydrogens is 288 g/mol. The predicted octanol–water partition coefficient (Wildman–Crippen LogP) is 3.71. The van der Waals surface area contributed by atoms with Crippen LogP contribution in [0.15, 0.2) is 23.3 Å². The smallest absolute Gasteiger partial charge is 0.277 e. The van der Waals surface area contributed by atoms with Crippen molar-refractivity contribution in [3.05, 3.63) is 28.8 Å². The van der Waals surface area contributed by atoms with E-state index in [4.69, 9.17) is 16.3 Å².